The first kappa shape index (κ1) is 23.7. The minimum atomic E-state index is 0. The van der Waals surface area contributed by atoms with Crippen LogP contribution in [0.1, 0.15) is 16.7 Å². The average molecular weight is 554 g/mol. The number of halogens is 1. The van der Waals surface area contributed by atoms with Gasteiger partial charge in [-0.25, -0.2) is 4.57 Å². The number of para-hydroxylation sites is 2. The van der Waals surface area contributed by atoms with E-state index in [1.807, 2.05) is 0 Å². The summed E-state index contributed by atoms with van der Waals surface area (Å²) in [5.74, 6) is 0. The number of benzene rings is 3. The molecule has 0 amide bonds. The lowest BCUT2D eigenvalue weighted by Crippen LogP contribution is -3.00. The molecule has 1 aliphatic heterocycles. The molecule has 0 bridgehead atoms. The van der Waals surface area contributed by atoms with Gasteiger partial charge in [0.25, 0.3) is 0 Å². The number of allylic oxidation sites excluding steroid dienone is 6. The number of aryl methyl sites for hydroxylation is 1. The van der Waals surface area contributed by atoms with Gasteiger partial charge in [0, 0.05) is 36.6 Å². The lowest BCUT2D eigenvalue weighted by atomic mass is 9.98. The van der Waals surface area contributed by atoms with Crippen LogP contribution >= 0.6 is 0 Å². The molecule has 0 unspecified atom stereocenters. The second-order valence-corrected chi connectivity index (χ2v) is 8.29. The van der Waals surface area contributed by atoms with Crippen molar-refractivity contribution in [1.82, 2.24) is 0 Å². The Morgan fingerprint density at radius 3 is 2.44 bits per heavy atom. The summed E-state index contributed by atoms with van der Waals surface area (Å²) in [5, 5.41) is 1.25. The Balaban J connectivity index is 0.00000274. The summed E-state index contributed by atoms with van der Waals surface area (Å²) in [6, 6.07) is 29.8. The molecule has 0 aliphatic carbocycles. The zero-order chi connectivity index (χ0) is 22.6. The molecule has 0 spiro atoms. The Hall–Kier alpha value is -3.44. The number of hydrogen-bond acceptors (Lipinski definition) is 1. The lowest BCUT2D eigenvalue weighted by Gasteiger charge is -2.23. The lowest BCUT2D eigenvalue weighted by molar-refractivity contribution is -0.644. The minimum Gasteiger partial charge on any atom is -1.00 e. The summed E-state index contributed by atoms with van der Waals surface area (Å²) >= 11 is 0. The molecular weight excluding hydrogens is 527 g/mol. The van der Waals surface area contributed by atoms with Crippen molar-refractivity contribution in [2.75, 3.05) is 11.9 Å². The van der Waals surface area contributed by atoms with Gasteiger partial charge in [-0.1, -0.05) is 85.0 Å². The van der Waals surface area contributed by atoms with Gasteiger partial charge in [-0.15, -0.1) is 0 Å². The van der Waals surface area contributed by atoms with Crippen molar-refractivity contribution < 1.29 is 28.5 Å². The third-order valence-corrected chi connectivity index (χ3v) is 6.14. The van der Waals surface area contributed by atoms with Crippen LogP contribution in [-0.4, -0.2) is 7.05 Å². The second-order valence-electron chi connectivity index (χ2n) is 8.29. The highest BCUT2D eigenvalue weighted by molar-refractivity contribution is 5.91. The van der Waals surface area contributed by atoms with E-state index >= 15 is 0 Å². The van der Waals surface area contributed by atoms with Gasteiger partial charge < -0.3 is 28.9 Å². The molecule has 3 heteroatoms. The van der Waals surface area contributed by atoms with E-state index in [-0.39, 0.29) is 24.0 Å². The van der Waals surface area contributed by atoms with E-state index in [0.29, 0.717) is 0 Å². The summed E-state index contributed by atoms with van der Waals surface area (Å²) in [6.45, 7) is 0. The maximum Gasteiger partial charge on any atom is 0.212 e. The number of nitrogens with zero attached hydrogens (tertiary/aromatic N) is 2. The summed E-state index contributed by atoms with van der Waals surface area (Å²) < 4.78 is 2.16. The maximum atomic E-state index is 2.22. The fraction of sp³-hybridized carbons (Fsp3) is 0.0645. The molecule has 2 nitrogen and oxygen atoms in total. The Morgan fingerprint density at radius 2 is 1.59 bits per heavy atom. The molecule has 0 fully saturated rings. The molecule has 0 radical (unpaired) electrons. The van der Waals surface area contributed by atoms with Crippen molar-refractivity contribution in [3.05, 3.63) is 138 Å². The van der Waals surface area contributed by atoms with Crippen molar-refractivity contribution in [3.8, 4) is 0 Å². The summed E-state index contributed by atoms with van der Waals surface area (Å²) in [5.41, 5.74) is 8.48. The third-order valence-electron chi connectivity index (χ3n) is 6.14. The topological polar surface area (TPSA) is 7.12 Å². The quantitative estimate of drug-likeness (QED) is 0.212. The predicted octanol–water partition coefficient (Wildman–Crippen LogP) is 3.81. The third kappa shape index (κ3) is 4.90. The molecule has 2 heterocycles. The van der Waals surface area contributed by atoms with E-state index < -0.39 is 0 Å². The Bertz CT molecular complexity index is 1430. The monoisotopic (exact) mass is 554 g/mol. The van der Waals surface area contributed by atoms with Crippen LogP contribution in [0.3, 0.4) is 0 Å². The largest absolute Gasteiger partial charge is 1.00 e. The molecule has 0 N–H and O–H groups in total. The highest BCUT2D eigenvalue weighted by Gasteiger charge is 2.12. The number of pyridine rings is 1. The molecule has 5 rings (SSSR count). The number of fused-ring (bicyclic) bond motifs is 2. The van der Waals surface area contributed by atoms with Gasteiger partial charge in [-0.05, 0) is 40.5 Å². The summed E-state index contributed by atoms with van der Waals surface area (Å²) in [6.07, 6.45) is 15.3. The molecule has 3 aromatic carbocycles. The first-order chi connectivity index (χ1) is 16.2. The van der Waals surface area contributed by atoms with E-state index in [1.54, 1.807) is 0 Å². The van der Waals surface area contributed by atoms with Crippen LogP contribution in [-0.2, 0) is 7.05 Å². The minimum absolute atomic E-state index is 0. The predicted molar refractivity (Wildman–Crippen MR) is 141 cm³/mol. The van der Waals surface area contributed by atoms with Gasteiger partial charge in [0.15, 0.2) is 6.20 Å². The summed E-state index contributed by atoms with van der Waals surface area (Å²) in [4.78, 5) is 2.16. The van der Waals surface area contributed by atoms with Gasteiger partial charge in [0.2, 0.25) is 5.52 Å². The number of aromatic nitrogens is 1. The van der Waals surface area contributed by atoms with Crippen LogP contribution in [0.4, 0.5) is 5.69 Å². The van der Waals surface area contributed by atoms with Crippen LogP contribution < -0.4 is 33.4 Å². The highest BCUT2D eigenvalue weighted by Crippen LogP contribution is 2.32. The van der Waals surface area contributed by atoms with Crippen LogP contribution in [0.5, 0.6) is 0 Å². The zero-order valence-electron chi connectivity index (χ0n) is 19.4. The second kappa shape index (κ2) is 10.7. The molecule has 1 aliphatic rings. The molecule has 0 saturated heterocycles. The van der Waals surface area contributed by atoms with Gasteiger partial charge in [0.1, 0.15) is 7.05 Å². The van der Waals surface area contributed by atoms with Crippen LogP contribution in [0.15, 0.2) is 122 Å². The maximum absolute atomic E-state index is 2.22. The molecule has 1 aromatic heterocycles. The number of rotatable bonds is 4. The Labute approximate surface area is 218 Å². The van der Waals surface area contributed by atoms with Crippen molar-refractivity contribution in [2.24, 2.45) is 7.05 Å². The van der Waals surface area contributed by atoms with Crippen molar-refractivity contribution in [2.45, 2.75) is 0 Å². The molecule has 34 heavy (non-hydrogen) atoms. The van der Waals surface area contributed by atoms with Gasteiger partial charge >= 0.3 is 0 Å². The van der Waals surface area contributed by atoms with Crippen molar-refractivity contribution in [1.29, 1.82) is 0 Å². The van der Waals surface area contributed by atoms with Crippen molar-refractivity contribution >= 4 is 33.8 Å². The van der Waals surface area contributed by atoms with E-state index in [9.17, 15) is 0 Å². The summed E-state index contributed by atoms with van der Waals surface area (Å²) in [7, 11) is 4.18. The first-order valence-corrected chi connectivity index (χ1v) is 11.2. The smallest absolute Gasteiger partial charge is 0.212 e. The average Bonchev–Trinajstić information content (AvgIpc) is 2.87. The van der Waals surface area contributed by atoms with Crippen LogP contribution in [0.25, 0.3) is 28.1 Å². The van der Waals surface area contributed by atoms with Gasteiger partial charge in [0.05, 0.1) is 5.39 Å². The number of hydrogen-bond donors (Lipinski definition) is 0. The van der Waals surface area contributed by atoms with E-state index in [1.165, 1.54) is 44.4 Å². The molecule has 168 valence electrons. The van der Waals surface area contributed by atoms with Crippen LogP contribution in [0.2, 0.25) is 0 Å². The highest BCUT2D eigenvalue weighted by atomic mass is 127. The van der Waals surface area contributed by atoms with Crippen molar-refractivity contribution in [3.63, 3.8) is 0 Å². The molecule has 0 saturated carbocycles. The zero-order valence-corrected chi connectivity index (χ0v) is 21.6. The molecule has 0 atom stereocenters. The molecular formula is C31H27IN2. The van der Waals surface area contributed by atoms with Gasteiger partial charge in [-0.2, -0.15) is 0 Å². The van der Waals surface area contributed by atoms with E-state index in [0.717, 1.165) is 0 Å². The SMILES string of the molecule is CN1C=C/C(=C/C=C(/C=C/c2cc[n+](C)c3ccccc23)c2ccccc2)c2ccccc21.[I-]. The first-order valence-electron chi connectivity index (χ1n) is 11.2. The number of anilines is 1. The van der Waals surface area contributed by atoms with Gasteiger partial charge in [-0.3, -0.25) is 0 Å². The Kier molecular flexibility index (Phi) is 7.43. The normalized spacial score (nSPS) is 14.5. The van der Waals surface area contributed by atoms with E-state index in [2.05, 4.69) is 151 Å². The Morgan fingerprint density at radius 1 is 0.853 bits per heavy atom. The van der Waals surface area contributed by atoms with Crippen LogP contribution in [0, 0.1) is 0 Å². The fourth-order valence-electron chi connectivity index (χ4n) is 4.30. The fourth-order valence-corrected chi connectivity index (χ4v) is 4.30. The standard InChI is InChI=1S/C31H27N2.HI/c1-32-22-20-26(28-12-6-8-14-30(28)32)18-16-25(24-10-4-3-5-11-24)17-19-27-21-23-33(2)31-15-9-7-13-29(27)31;/h3-23H,1-2H3;1H/q+1;/p-1. The van der Waals surface area contributed by atoms with E-state index in [4.69, 9.17) is 0 Å². The molecule has 4 aromatic rings.